The molecule has 1 aromatic carbocycles. The van der Waals surface area contributed by atoms with Gasteiger partial charge in [-0.3, -0.25) is 9.48 Å². The fraction of sp³-hybridized carbons (Fsp3) is 0.444. The molecule has 1 aromatic heterocycles. The van der Waals surface area contributed by atoms with Crippen molar-refractivity contribution >= 4 is 21.6 Å². The number of sulfonamides is 1. The summed E-state index contributed by atoms with van der Waals surface area (Å²) in [5, 5.41) is 6.92. The Morgan fingerprint density at radius 2 is 2.12 bits per heavy atom. The van der Waals surface area contributed by atoms with Crippen molar-refractivity contribution in [3.63, 3.8) is 0 Å². The molecule has 1 atom stereocenters. The van der Waals surface area contributed by atoms with Crippen molar-refractivity contribution in [2.75, 3.05) is 11.9 Å². The van der Waals surface area contributed by atoms with Crippen LogP contribution in [0.15, 0.2) is 35.4 Å². The van der Waals surface area contributed by atoms with Crippen LogP contribution in [-0.2, 0) is 21.4 Å². The Morgan fingerprint density at radius 3 is 2.81 bits per heavy atom. The molecule has 8 heteroatoms. The molecule has 0 radical (unpaired) electrons. The van der Waals surface area contributed by atoms with Crippen LogP contribution in [-0.4, -0.2) is 35.0 Å². The van der Waals surface area contributed by atoms with E-state index in [1.807, 2.05) is 24.6 Å². The average Bonchev–Trinajstić information content (AvgIpc) is 3.24. The van der Waals surface area contributed by atoms with E-state index in [1.165, 1.54) is 11.2 Å². The zero-order chi connectivity index (χ0) is 18.9. The lowest BCUT2D eigenvalue weighted by Crippen LogP contribution is -2.32. The molecule has 0 spiro atoms. The van der Waals surface area contributed by atoms with Crippen molar-refractivity contribution in [3.05, 3.63) is 41.7 Å². The number of anilines is 1. The Labute approximate surface area is 154 Å². The van der Waals surface area contributed by atoms with Crippen LogP contribution < -0.4 is 5.32 Å². The van der Waals surface area contributed by atoms with Crippen molar-refractivity contribution < 1.29 is 13.2 Å². The van der Waals surface area contributed by atoms with E-state index in [1.54, 1.807) is 24.4 Å². The first-order valence-electron chi connectivity index (χ1n) is 8.76. The molecule has 0 aliphatic carbocycles. The number of amides is 1. The van der Waals surface area contributed by atoms with Crippen molar-refractivity contribution in [3.8, 4) is 0 Å². The normalized spacial score (nSPS) is 18.2. The van der Waals surface area contributed by atoms with Crippen LogP contribution in [0.5, 0.6) is 0 Å². The summed E-state index contributed by atoms with van der Waals surface area (Å²) >= 11 is 0. The molecule has 0 bridgehead atoms. The number of aryl methyl sites for hydroxylation is 2. The summed E-state index contributed by atoms with van der Waals surface area (Å²) in [4.78, 5) is 11.6. The van der Waals surface area contributed by atoms with Gasteiger partial charge in [0.1, 0.15) is 4.90 Å². The molecule has 7 nitrogen and oxygen atoms in total. The van der Waals surface area contributed by atoms with E-state index in [2.05, 4.69) is 10.4 Å². The van der Waals surface area contributed by atoms with Gasteiger partial charge in [0.15, 0.2) is 0 Å². The van der Waals surface area contributed by atoms with Gasteiger partial charge in [0.25, 0.3) is 0 Å². The fourth-order valence-corrected chi connectivity index (χ4v) is 5.38. The number of nitrogens with zero attached hydrogens (tertiary/aromatic N) is 3. The summed E-state index contributed by atoms with van der Waals surface area (Å²) in [6, 6.07) is 6.69. The average molecular weight is 376 g/mol. The molecule has 1 aliphatic heterocycles. The van der Waals surface area contributed by atoms with Crippen LogP contribution in [0, 0.1) is 6.92 Å². The second-order valence-corrected chi connectivity index (χ2v) is 8.39. The van der Waals surface area contributed by atoms with Crippen LogP contribution >= 0.6 is 0 Å². The Morgan fingerprint density at radius 1 is 1.35 bits per heavy atom. The third-order valence-corrected chi connectivity index (χ3v) is 6.58. The molecule has 140 valence electrons. The predicted molar refractivity (Wildman–Crippen MR) is 99.3 cm³/mol. The van der Waals surface area contributed by atoms with Gasteiger partial charge < -0.3 is 5.32 Å². The van der Waals surface area contributed by atoms with Gasteiger partial charge in [-0.15, -0.1) is 0 Å². The maximum absolute atomic E-state index is 13.4. The van der Waals surface area contributed by atoms with Crippen LogP contribution in [0.1, 0.15) is 44.0 Å². The number of nitrogens with one attached hydrogen (secondary N) is 1. The minimum Gasteiger partial charge on any atom is -0.325 e. The molecule has 3 rings (SSSR count). The maximum atomic E-state index is 13.4. The summed E-state index contributed by atoms with van der Waals surface area (Å²) < 4.78 is 30.3. The summed E-state index contributed by atoms with van der Waals surface area (Å²) in [6.07, 6.45) is 3.25. The van der Waals surface area contributed by atoms with Crippen molar-refractivity contribution in [2.45, 2.75) is 51.1 Å². The highest BCUT2D eigenvalue weighted by Crippen LogP contribution is 2.38. The standard InChI is InChI=1S/C18H24N4O3S/c1-4-21-16(9-10-19-21)17-6-5-11-22(17)26(24,25)18-12-13(2)7-8-15(18)20-14(3)23/h7-10,12,17H,4-6,11H2,1-3H3,(H,20,23). The summed E-state index contributed by atoms with van der Waals surface area (Å²) in [5.74, 6) is -0.299. The third-order valence-electron chi connectivity index (χ3n) is 4.63. The highest BCUT2D eigenvalue weighted by molar-refractivity contribution is 7.89. The first-order chi connectivity index (χ1) is 12.3. The number of hydrogen-bond donors (Lipinski definition) is 1. The molecule has 1 amide bonds. The van der Waals surface area contributed by atoms with Gasteiger partial charge in [-0.1, -0.05) is 6.07 Å². The first kappa shape index (κ1) is 18.6. The molecule has 1 unspecified atom stereocenters. The summed E-state index contributed by atoms with van der Waals surface area (Å²) in [7, 11) is -3.76. The predicted octanol–water partition coefficient (Wildman–Crippen LogP) is 2.70. The lowest BCUT2D eigenvalue weighted by Gasteiger charge is -2.26. The Hall–Kier alpha value is -2.19. The van der Waals surface area contributed by atoms with E-state index in [0.717, 1.165) is 24.1 Å². The van der Waals surface area contributed by atoms with Crippen LogP contribution in [0.2, 0.25) is 0 Å². The lowest BCUT2D eigenvalue weighted by molar-refractivity contribution is -0.114. The quantitative estimate of drug-likeness (QED) is 0.869. The number of carbonyl (C=O) groups is 1. The van der Waals surface area contributed by atoms with E-state index in [-0.39, 0.29) is 16.8 Å². The third kappa shape index (κ3) is 3.39. The molecule has 26 heavy (non-hydrogen) atoms. The molecular weight excluding hydrogens is 352 g/mol. The maximum Gasteiger partial charge on any atom is 0.245 e. The highest BCUT2D eigenvalue weighted by Gasteiger charge is 2.38. The minimum atomic E-state index is -3.76. The number of carbonyl (C=O) groups excluding carboxylic acids is 1. The van der Waals surface area contributed by atoms with Gasteiger partial charge in [0.2, 0.25) is 15.9 Å². The smallest absolute Gasteiger partial charge is 0.245 e. The molecule has 2 heterocycles. The van der Waals surface area contributed by atoms with Gasteiger partial charge in [-0.25, -0.2) is 8.42 Å². The van der Waals surface area contributed by atoms with E-state index in [4.69, 9.17) is 0 Å². The number of aromatic nitrogens is 2. The molecule has 1 fully saturated rings. The minimum absolute atomic E-state index is 0.141. The summed E-state index contributed by atoms with van der Waals surface area (Å²) in [6.45, 7) is 6.34. The molecule has 1 saturated heterocycles. The van der Waals surface area contributed by atoms with Gasteiger partial charge in [-0.05, 0) is 50.5 Å². The number of rotatable bonds is 5. The zero-order valence-corrected chi connectivity index (χ0v) is 16.1. The van der Waals surface area contributed by atoms with E-state index < -0.39 is 10.0 Å². The van der Waals surface area contributed by atoms with Crippen LogP contribution in [0.25, 0.3) is 0 Å². The van der Waals surface area contributed by atoms with Crippen molar-refractivity contribution in [2.24, 2.45) is 0 Å². The Kier molecular flexibility index (Phi) is 5.15. The van der Waals surface area contributed by atoms with E-state index in [9.17, 15) is 13.2 Å². The Bertz CT molecular complexity index is 920. The largest absolute Gasteiger partial charge is 0.325 e. The molecule has 1 aliphatic rings. The van der Waals surface area contributed by atoms with Gasteiger partial charge in [0, 0.05) is 26.2 Å². The van der Waals surface area contributed by atoms with Crippen molar-refractivity contribution in [1.29, 1.82) is 0 Å². The SMILES string of the molecule is CCn1nccc1C1CCCN1S(=O)(=O)c1cc(C)ccc1NC(C)=O. The second kappa shape index (κ2) is 7.20. The summed E-state index contributed by atoms with van der Waals surface area (Å²) in [5.41, 5.74) is 2.05. The number of benzene rings is 1. The van der Waals surface area contributed by atoms with Gasteiger partial charge in [-0.2, -0.15) is 9.40 Å². The van der Waals surface area contributed by atoms with Crippen LogP contribution in [0.4, 0.5) is 5.69 Å². The van der Waals surface area contributed by atoms with Gasteiger partial charge >= 0.3 is 0 Å². The monoisotopic (exact) mass is 376 g/mol. The second-order valence-electron chi connectivity index (χ2n) is 6.53. The molecule has 0 saturated carbocycles. The van der Waals surface area contributed by atoms with E-state index >= 15 is 0 Å². The van der Waals surface area contributed by atoms with E-state index in [0.29, 0.717) is 18.8 Å². The lowest BCUT2D eigenvalue weighted by atomic mass is 10.1. The topological polar surface area (TPSA) is 84.3 Å². The molecule has 1 N–H and O–H groups in total. The zero-order valence-electron chi connectivity index (χ0n) is 15.3. The highest BCUT2D eigenvalue weighted by atomic mass is 32.2. The van der Waals surface area contributed by atoms with Gasteiger partial charge in [0.05, 0.1) is 17.4 Å². The molecule has 2 aromatic rings. The van der Waals surface area contributed by atoms with Crippen LogP contribution in [0.3, 0.4) is 0 Å². The van der Waals surface area contributed by atoms with Crippen molar-refractivity contribution in [1.82, 2.24) is 14.1 Å². The Balaban J connectivity index is 2.05. The molecular formula is C18H24N4O3S. The first-order valence-corrected chi connectivity index (χ1v) is 10.2. The fourth-order valence-electron chi connectivity index (χ4n) is 3.48. The number of hydrogen-bond acceptors (Lipinski definition) is 4.